The van der Waals surface area contributed by atoms with E-state index in [1.165, 1.54) is 16.2 Å². The van der Waals surface area contributed by atoms with Crippen molar-refractivity contribution in [3.8, 4) is 5.75 Å². The second-order valence-corrected chi connectivity index (χ2v) is 6.08. The van der Waals surface area contributed by atoms with Crippen LogP contribution in [0.2, 0.25) is 0 Å². The zero-order valence-electron chi connectivity index (χ0n) is 12.3. The normalized spacial score (nSPS) is 13.7. The molecule has 23 heavy (non-hydrogen) atoms. The molecule has 2 aromatic carbocycles. The van der Waals surface area contributed by atoms with Gasteiger partial charge in [0.2, 0.25) is 0 Å². The highest BCUT2D eigenvalue weighted by molar-refractivity contribution is 7.17. The van der Waals surface area contributed by atoms with Gasteiger partial charge in [0.1, 0.15) is 5.75 Å². The van der Waals surface area contributed by atoms with Crippen molar-refractivity contribution in [1.29, 1.82) is 0 Å². The topological polar surface area (TPSA) is 59.5 Å². The molecule has 1 aromatic heterocycles. The molecule has 0 aliphatic carbocycles. The lowest BCUT2D eigenvalue weighted by Crippen LogP contribution is -2.29. The van der Waals surface area contributed by atoms with Gasteiger partial charge in [-0.1, -0.05) is 12.1 Å². The van der Waals surface area contributed by atoms with E-state index in [4.69, 9.17) is 4.74 Å². The number of rotatable bonds is 3. The number of benzene rings is 2. The van der Waals surface area contributed by atoms with Crippen LogP contribution in [0.25, 0.3) is 10.2 Å². The third-order valence-electron chi connectivity index (χ3n) is 3.93. The summed E-state index contributed by atoms with van der Waals surface area (Å²) < 4.78 is 5.91. The predicted molar refractivity (Wildman–Crippen MR) is 88.1 cm³/mol. The Labute approximate surface area is 136 Å². The maximum absolute atomic E-state index is 12.4. The second-order valence-electron chi connectivity index (χ2n) is 5.23. The average Bonchev–Trinajstić information content (AvgIpc) is 3.14. The van der Waals surface area contributed by atoms with Crippen LogP contribution in [0.4, 0.5) is 5.69 Å². The maximum Gasteiger partial charge on any atom is 0.299 e. The lowest BCUT2D eigenvalue weighted by atomic mass is 10.1. The van der Waals surface area contributed by atoms with E-state index in [0.717, 1.165) is 21.5 Å². The van der Waals surface area contributed by atoms with Crippen molar-refractivity contribution < 1.29 is 14.3 Å². The second kappa shape index (κ2) is 5.17. The molecule has 3 aromatic rings. The van der Waals surface area contributed by atoms with E-state index in [0.29, 0.717) is 17.8 Å². The van der Waals surface area contributed by atoms with Crippen molar-refractivity contribution in [2.75, 3.05) is 12.0 Å². The SMILES string of the molecule is COc1ccc(CN2C(=O)C(=O)c3c2ccc2ncsc32)cc1. The van der Waals surface area contributed by atoms with Gasteiger partial charge in [0.15, 0.2) is 0 Å². The van der Waals surface area contributed by atoms with Crippen molar-refractivity contribution in [2.45, 2.75) is 6.54 Å². The molecule has 5 nitrogen and oxygen atoms in total. The number of carbonyl (C=O) groups excluding carboxylic acids is 2. The molecule has 0 radical (unpaired) electrons. The summed E-state index contributed by atoms with van der Waals surface area (Å²) in [5.41, 5.74) is 4.51. The molecule has 0 bridgehead atoms. The lowest BCUT2D eigenvalue weighted by Gasteiger charge is -2.16. The Morgan fingerprint density at radius 2 is 1.91 bits per heavy atom. The summed E-state index contributed by atoms with van der Waals surface area (Å²) in [6.07, 6.45) is 0. The minimum absolute atomic E-state index is 0.353. The number of carbonyl (C=O) groups is 2. The number of hydrogen-bond acceptors (Lipinski definition) is 5. The lowest BCUT2D eigenvalue weighted by molar-refractivity contribution is -0.114. The van der Waals surface area contributed by atoms with Crippen LogP contribution in [0.1, 0.15) is 15.9 Å². The summed E-state index contributed by atoms with van der Waals surface area (Å²) >= 11 is 1.38. The van der Waals surface area contributed by atoms with Crippen molar-refractivity contribution in [1.82, 2.24) is 4.98 Å². The molecular weight excluding hydrogens is 312 g/mol. The minimum atomic E-state index is -0.489. The summed E-state index contributed by atoms with van der Waals surface area (Å²) in [6.45, 7) is 0.353. The number of Topliss-reactive ketones (excluding diaryl/α,β-unsaturated/α-hetero) is 1. The molecule has 1 aliphatic rings. The molecule has 2 heterocycles. The van der Waals surface area contributed by atoms with Crippen molar-refractivity contribution >= 4 is 38.9 Å². The van der Waals surface area contributed by atoms with E-state index in [9.17, 15) is 9.59 Å². The fourth-order valence-corrected chi connectivity index (χ4v) is 3.60. The molecule has 0 unspecified atom stereocenters. The zero-order chi connectivity index (χ0) is 16.0. The van der Waals surface area contributed by atoms with Crippen LogP contribution in [-0.4, -0.2) is 23.8 Å². The van der Waals surface area contributed by atoms with Gasteiger partial charge in [-0.15, -0.1) is 11.3 Å². The molecular formula is C17H12N2O3S. The Balaban J connectivity index is 1.75. The molecule has 0 saturated carbocycles. The minimum Gasteiger partial charge on any atom is -0.497 e. The van der Waals surface area contributed by atoms with Crippen molar-refractivity contribution in [3.63, 3.8) is 0 Å². The van der Waals surface area contributed by atoms with Crippen LogP contribution in [-0.2, 0) is 11.3 Å². The summed E-state index contributed by atoms with van der Waals surface area (Å²) in [5.74, 6) is -0.190. The first-order valence-corrected chi connectivity index (χ1v) is 7.92. The van der Waals surface area contributed by atoms with E-state index in [1.54, 1.807) is 18.7 Å². The fourth-order valence-electron chi connectivity index (χ4n) is 2.77. The Kier molecular flexibility index (Phi) is 3.12. The summed E-state index contributed by atoms with van der Waals surface area (Å²) in [7, 11) is 1.61. The summed E-state index contributed by atoms with van der Waals surface area (Å²) in [4.78, 5) is 30.5. The Morgan fingerprint density at radius 3 is 2.65 bits per heavy atom. The van der Waals surface area contributed by atoms with Gasteiger partial charge in [-0.05, 0) is 29.8 Å². The number of amides is 1. The number of aromatic nitrogens is 1. The molecule has 114 valence electrons. The highest BCUT2D eigenvalue weighted by atomic mass is 32.1. The van der Waals surface area contributed by atoms with Gasteiger partial charge >= 0.3 is 0 Å². The number of nitrogens with zero attached hydrogens (tertiary/aromatic N) is 2. The average molecular weight is 324 g/mol. The number of ketones is 1. The molecule has 4 rings (SSSR count). The van der Waals surface area contributed by atoms with Crippen LogP contribution in [0.5, 0.6) is 5.75 Å². The van der Waals surface area contributed by atoms with Gasteiger partial charge in [-0.3, -0.25) is 9.59 Å². The van der Waals surface area contributed by atoms with Gasteiger partial charge in [-0.25, -0.2) is 4.98 Å². The molecule has 0 N–H and O–H groups in total. The van der Waals surface area contributed by atoms with E-state index < -0.39 is 11.7 Å². The summed E-state index contributed by atoms with van der Waals surface area (Å²) in [6, 6.07) is 11.1. The predicted octanol–water partition coefficient (Wildman–Crippen LogP) is 3.03. The van der Waals surface area contributed by atoms with Gasteiger partial charge in [0.25, 0.3) is 11.7 Å². The van der Waals surface area contributed by atoms with Gasteiger partial charge in [0, 0.05) is 0 Å². The Bertz CT molecular complexity index is 931. The largest absolute Gasteiger partial charge is 0.497 e. The van der Waals surface area contributed by atoms with Crippen molar-refractivity contribution in [2.24, 2.45) is 0 Å². The molecule has 0 spiro atoms. The number of hydrogen-bond donors (Lipinski definition) is 0. The van der Waals surface area contributed by atoms with Crippen LogP contribution < -0.4 is 9.64 Å². The van der Waals surface area contributed by atoms with E-state index in [1.807, 2.05) is 30.3 Å². The third-order valence-corrected chi connectivity index (χ3v) is 4.79. The van der Waals surface area contributed by atoms with Crippen molar-refractivity contribution in [3.05, 3.63) is 53.0 Å². The van der Waals surface area contributed by atoms with E-state index in [2.05, 4.69) is 4.98 Å². The number of methoxy groups -OCH3 is 1. The molecule has 0 saturated heterocycles. The Morgan fingerprint density at radius 1 is 1.13 bits per heavy atom. The number of anilines is 1. The third kappa shape index (κ3) is 2.10. The molecule has 1 amide bonds. The van der Waals surface area contributed by atoms with E-state index in [-0.39, 0.29) is 0 Å². The van der Waals surface area contributed by atoms with Gasteiger partial charge in [-0.2, -0.15) is 0 Å². The van der Waals surface area contributed by atoms with Gasteiger partial charge < -0.3 is 9.64 Å². The van der Waals surface area contributed by atoms with E-state index >= 15 is 0 Å². The van der Waals surface area contributed by atoms with Crippen LogP contribution in [0.3, 0.4) is 0 Å². The van der Waals surface area contributed by atoms with Crippen LogP contribution in [0.15, 0.2) is 41.9 Å². The van der Waals surface area contributed by atoms with Gasteiger partial charge in [0.05, 0.1) is 40.6 Å². The zero-order valence-corrected chi connectivity index (χ0v) is 13.1. The first-order valence-electron chi connectivity index (χ1n) is 7.04. The maximum atomic E-state index is 12.4. The molecule has 0 fully saturated rings. The van der Waals surface area contributed by atoms with Crippen LogP contribution >= 0.6 is 11.3 Å². The number of ether oxygens (including phenoxy) is 1. The Hall–Kier alpha value is -2.73. The fraction of sp³-hybridized carbons (Fsp3) is 0.118. The summed E-state index contributed by atoms with van der Waals surface area (Å²) in [5, 5.41) is 0. The molecule has 0 atom stereocenters. The monoisotopic (exact) mass is 324 g/mol. The first kappa shape index (κ1) is 13.9. The highest BCUT2D eigenvalue weighted by Crippen LogP contribution is 2.37. The van der Waals surface area contributed by atoms with Crippen LogP contribution in [0, 0.1) is 0 Å². The first-order chi connectivity index (χ1) is 11.2. The smallest absolute Gasteiger partial charge is 0.299 e. The number of thiazole rings is 1. The molecule has 6 heteroatoms. The number of fused-ring (bicyclic) bond motifs is 3. The molecule has 1 aliphatic heterocycles. The highest BCUT2D eigenvalue weighted by Gasteiger charge is 2.37. The quantitative estimate of drug-likeness (QED) is 0.695. The standard InChI is InChI=1S/C17H12N2O3S/c1-22-11-4-2-10(3-5-11)8-19-13-7-6-12-16(23-9-18-12)14(13)15(20)17(19)21/h2-7,9H,8H2,1H3.